The van der Waals surface area contributed by atoms with Gasteiger partial charge in [0.1, 0.15) is 49.0 Å². The van der Waals surface area contributed by atoms with Gasteiger partial charge in [-0.3, -0.25) is 19.2 Å². The number of nitrogens with two attached hydrogens (primary N) is 2. The number of nitrogens with zero attached hydrogens (tertiary/aromatic N) is 4. The Bertz CT molecular complexity index is 2830. The summed E-state index contributed by atoms with van der Waals surface area (Å²) in [5.41, 5.74) is 15.8. The van der Waals surface area contributed by atoms with Crippen LogP contribution < -0.4 is 36.9 Å². The summed E-state index contributed by atoms with van der Waals surface area (Å²) in [4.78, 5) is 64.5. The van der Waals surface area contributed by atoms with Crippen molar-refractivity contribution < 1.29 is 43.7 Å². The number of aromatic carboxylic acids is 1. The molecule has 0 bridgehead atoms. The summed E-state index contributed by atoms with van der Waals surface area (Å²) in [5, 5.41) is 44.9. The summed E-state index contributed by atoms with van der Waals surface area (Å²) in [5.74, 6) is -3.74. The van der Waals surface area contributed by atoms with Gasteiger partial charge in [0.05, 0.1) is 17.3 Å². The van der Waals surface area contributed by atoms with Gasteiger partial charge in [-0.1, -0.05) is 12.1 Å². The Morgan fingerprint density at radius 2 is 1.53 bits per heavy atom. The summed E-state index contributed by atoms with van der Waals surface area (Å²) in [7, 11) is 7.68. The first-order chi connectivity index (χ1) is 30.5. The second kappa shape index (κ2) is 19.9. The van der Waals surface area contributed by atoms with Crippen LogP contribution in [0.2, 0.25) is 0 Å². The Hall–Kier alpha value is -7.92. The van der Waals surface area contributed by atoms with Gasteiger partial charge < -0.3 is 46.7 Å². The number of rotatable bonds is 17. The van der Waals surface area contributed by atoms with Crippen LogP contribution in [0.4, 0.5) is 17.1 Å². The van der Waals surface area contributed by atoms with Crippen LogP contribution in [0.15, 0.2) is 112 Å². The van der Waals surface area contributed by atoms with Gasteiger partial charge in [0, 0.05) is 66.1 Å². The van der Waals surface area contributed by atoms with E-state index in [0.29, 0.717) is 57.5 Å². The maximum atomic E-state index is 13.3. The number of aliphatic carboxylic acids is 1. The molecule has 1 aliphatic carbocycles. The number of primary amides is 1. The van der Waals surface area contributed by atoms with Crippen molar-refractivity contribution >= 4 is 57.7 Å². The molecule has 0 saturated heterocycles. The van der Waals surface area contributed by atoms with Crippen LogP contribution in [0.25, 0.3) is 33.4 Å². The number of carboxylic acid groups (broad SMARTS) is 2. The average molecular weight is 870 g/mol. The molecule has 0 aromatic heterocycles. The SMILES string of the molecule is CN(C)c1ccc2c(-c3ccc(C(=O)NCCCCC(NC(=O)c4ccc(N=Nc5cc(CC(N)C(=O)O)ccc5O)cc4)C(N)=O)cc3C(=O)O)c3ccc(=[N+](C)C)cc-3oc2c1. The number of nitrogens with one attached hydrogen (secondary N) is 2. The molecule has 0 spiro atoms. The maximum Gasteiger partial charge on any atom is 0.336 e. The molecule has 0 fully saturated rings. The minimum atomic E-state index is -1.20. The molecular weight excluding hydrogens is 821 g/mol. The predicted octanol–water partition coefficient (Wildman–Crippen LogP) is 5.26. The number of hydrogen-bond acceptors (Lipinski definition) is 11. The van der Waals surface area contributed by atoms with Crippen LogP contribution in [-0.4, -0.2) is 91.8 Å². The van der Waals surface area contributed by atoms with Gasteiger partial charge in [-0.15, -0.1) is 5.11 Å². The van der Waals surface area contributed by atoms with Crippen molar-refractivity contribution in [3.63, 3.8) is 0 Å². The van der Waals surface area contributed by atoms with Gasteiger partial charge in [0.15, 0.2) is 0 Å². The normalized spacial score (nSPS) is 12.2. The van der Waals surface area contributed by atoms with Gasteiger partial charge in [0.25, 0.3) is 11.8 Å². The molecule has 17 nitrogen and oxygen atoms in total. The van der Waals surface area contributed by atoms with E-state index < -0.39 is 41.7 Å². The minimum absolute atomic E-state index is 0.0261. The van der Waals surface area contributed by atoms with Crippen molar-refractivity contribution in [2.75, 3.05) is 39.6 Å². The largest absolute Gasteiger partial charge is 0.506 e. The van der Waals surface area contributed by atoms with Crippen LogP contribution in [0.5, 0.6) is 5.75 Å². The van der Waals surface area contributed by atoms with E-state index in [4.69, 9.17) is 21.0 Å². The second-order valence-electron chi connectivity index (χ2n) is 15.6. The molecule has 330 valence electrons. The number of fused-ring (bicyclic) bond motifs is 2. The molecular formula is C47H49N8O9+. The Balaban J connectivity index is 1.07. The average Bonchev–Trinajstić information content (AvgIpc) is 3.27. The smallest absolute Gasteiger partial charge is 0.336 e. The number of phenolic OH excluding ortho intramolecular Hbond substituents is 1. The number of unbranched alkanes of at least 4 members (excludes halogenated alkanes) is 1. The van der Waals surface area contributed by atoms with Crippen LogP contribution in [0, 0.1) is 0 Å². The van der Waals surface area contributed by atoms with Crippen LogP contribution >= 0.6 is 0 Å². The fraction of sp³-hybridized carbons (Fsp3) is 0.234. The van der Waals surface area contributed by atoms with E-state index in [0.717, 1.165) is 11.0 Å². The zero-order valence-corrected chi connectivity index (χ0v) is 35.7. The first-order valence-electron chi connectivity index (χ1n) is 20.3. The Labute approximate surface area is 367 Å². The molecule has 0 radical (unpaired) electrons. The zero-order valence-electron chi connectivity index (χ0n) is 35.7. The third-order valence-electron chi connectivity index (χ3n) is 10.6. The van der Waals surface area contributed by atoms with Crippen LogP contribution in [-0.2, 0) is 16.0 Å². The van der Waals surface area contributed by atoms with Gasteiger partial charge in [-0.25, -0.2) is 9.37 Å². The molecule has 4 aromatic rings. The Morgan fingerprint density at radius 1 is 0.812 bits per heavy atom. The highest BCUT2D eigenvalue weighted by Crippen LogP contribution is 2.42. The molecule has 4 aromatic carbocycles. The van der Waals surface area contributed by atoms with Gasteiger partial charge in [-0.05, 0) is 104 Å². The van der Waals surface area contributed by atoms with Crippen molar-refractivity contribution in [3.8, 4) is 28.2 Å². The van der Waals surface area contributed by atoms with Gasteiger partial charge >= 0.3 is 11.9 Å². The number of carbonyl (C=O) groups is 5. The molecule has 0 saturated carbocycles. The third-order valence-corrected chi connectivity index (χ3v) is 10.6. The quantitative estimate of drug-likeness (QED) is 0.0269. The monoisotopic (exact) mass is 869 g/mol. The topological polar surface area (TPSA) is 266 Å². The summed E-state index contributed by atoms with van der Waals surface area (Å²) in [6.07, 6.45) is 1.05. The molecule has 2 atom stereocenters. The van der Waals surface area contributed by atoms with Gasteiger partial charge in [0.2, 0.25) is 11.3 Å². The van der Waals surface area contributed by atoms with Gasteiger partial charge in [-0.2, -0.15) is 5.11 Å². The molecule has 1 heterocycles. The molecule has 17 heteroatoms. The van der Waals surface area contributed by atoms with Crippen molar-refractivity contribution in [2.24, 2.45) is 21.7 Å². The molecule has 3 amide bonds. The number of hydrogen-bond donors (Lipinski definition) is 7. The number of anilines is 1. The molecule has 9 N–H and O–H groups in total. The van der Waals surface area contributed by atoms with Crippen molar-refractivity contribution in [1.82, 2.24) is 15.2 Å². The summed E-state index contributed by atoms with van der Waals surface area (Å²) in [6.45, 7) is 0.203. The number of amides is 3. The molecule has 2 unspecified atom stereocenters. The first-order valence-corrected chi connectivity index (χ1v) is 20.3. The lowest BCUT2D eigenvalue weighted by Gasteiger charge is -2.19. The van der Waals surface area contributed by atoms with E-state index >= 15 is 0 Å². The summed E-state index contributed by atoms with van der Waals surface area (Å²) < 4.78 is 8.33. The van der Waals surface area contributed by atoms with Crippen LogP contribution in [0.3, 0.4) is 0 Å². The number of phenols is 1. The summed E-state index contributed by atoms with van der Waals surface area (Å²) >= 11 is 0. The highest BCUT2D eigenvalue weighted by Gasteiger charge is 2.24. The van der Waals surface area contributed by atoms with Crippen molar-refractivity contribution in [2.45, 2.75) is 37.8 Å². The fourth-order valence-corrected chi connectivity index (χ4v) is 7.01. The maximum absolute atomic E-state index is 13.3. The highest BCUT2D eigenvalue weighted by molar-refractivity contribution is 6.09. The number of azo groups is 1. The number of benzene rings is 5. The van der Waals surface area contributed by atoms with Crippen molar-refractivity contribution in [3.05, 3.63) is 125 Å². The fourth-order valence-electron chi connectivity index (χ4n) is 7.01. The lowest BCUT2D eigenvalue weighted by Crippen LogP contribution is -2.44. The number of carboxylic acids is 2. The minimum Gasteiger partial charge on any atom is -0.506 e. The molecule has 2 aliphatic rings. The van der Waals surface area contributed by atoms with Crippen LogP contribution in [0.1, 0.15) is 55.9 Å². The second-order valence-corrected chi connectivity index (χ2v) is 15.6. The first kappa shape index (κ1) is 45.6. The number of aromatic hydroxyl groups is 1. The standard InChI is InChI=1S/C47H48N8O9/c1-54(2)30-14-17-33-40(24-30)64-41-25-31(55(3)4)15-18-34(41)42(33)32-16-11-28(23-35(32)46(60)61)44(58)50-20-6-5-7-37(43(49)57)51-45(59)27-9-12-29(13-10-27)52-53-38-22-26(8-19-39(38)56)21-36(48)47(62)63/h8-19,22-25,36-37H,5-7,20-21,48H2,1-4H3,(H6-,49,50,51,52,56,57,58,59,60,61,62,63)/p+1. The third kappa shape index (κ3) is 10.7. The van der Waals surface area contributed by atoms with Crippen molar-refractivity contribution in [1.29, 1.82) is 0 Å². The zero-order chi connectivity index (χ0) is 46.2. The van der Waals surface area contributed by atoms with E-state index in [1.54, 1.807) is 12.1 Å². The van der Waals surface area contributed by atoms with E-state index in [9.17, 15) is 34.2 Å². The lowest BCUT2D eigenvalue weighted by atomic mass is 9.89. The van der Waals surface area contributed by atoms with E-state index in [-0.39, 0.29) is 47.5 Å². The lowest BCUT2D eigenvalue weighted by molar-refractivity contribution is -0.138. The highest BCUT2D eigenvalue weighted by atomic mass is 16.4. The predicted molar refractivity (Wildman–Crippen MR) is 241 cm³/mol. The molecule has 64 heavy (non-hydrogen) atoms. The Morgan fingerprint density at radius 3 is 2.20 bits per heavy atom. The summed E-state index contributed by atoms with van der Waals surface area (Å²) in [6, 6.07) is 24.3. The van der Waals surface area contributed by atoms with E-state index in [1.807, 2.05) is 74.1 Å². The molecule has 6 rings (SSSR count). The Kier molecular flexibility index (Phi) is 14.1. The van der Waals surface area contributed by atoms with E-state index in [2.05, 4.69) is 20.9 Å². The van der Waals surface area contributed by atoms with E-state index in [1.165, 1.54) is 48.5 Å². The molecule has 1 aliphatic heterocycles. The number of carbonyl (C=O) groups excluding carboxylic acids is 3.